The van der Waals surface area contributed by atoms with E-state index in [0.29, 0.717) is 18.0 Å². The third-order valence-corrected chi connectivity index (χ3v) is 5.24. The lowest BCUT2D eigenvalue weighted by atomic mass is 10.1. The molecular formula is C18H24N4O3S. The number of ether oxygens (including phenoxy) is 1. The molecule has 2 heterocycles. The first-order valence-electron chi connectivity index (χ1n) is 8.57. The van der Waals surface area contributed by atoms with E-state index in [0.717, 1.165) is 36.9 Å². The van der Waals surface area contributed by atoms with Gasteiger partial charge in [-0.15, -0.1) is 11.3 Å². The van der Waals surface area contributed by atoms with E-state index >= 15 is 0 Å². The highest BCUT2D eigenvalue weighted by Gasteiger charge is 2.21. The van der Waals surface area contributed by atoms with Crippen LogP contribution >= 0.6 is 11.3 Å². The van der Waals surface area contributed by atoms with Crippen LogP contribution in [0.5, 0.6) is 5.75 Å². The Balaban J connectivity index is 1.59. The normalized spacial score (nSPS) is 16.3. The highest BCUT2D eigenvalue weighted by molar-refractivity contribution is 7.13. The van der Waals surface area contributed by atoms with Crippen LogP contribution in [0.4, 0.5) is 10.8 Å². The van der Waals surface area contributed by atoms with Gasteiger partial charge in [-0.1, -0.05) is 6.07 Å². The third kappa shape index (κ3) is 4.51. The SMILES string of the molecule is COc1ccc([C@H](O)CN2CCN(c3nccs3)CC2)cc1NC(C)=O. The monoisotopic (exact) mass is 376 g/mol. The Morgan fingerprint density at radius 3 is 2.77 bits per heavy atom. The van der Waals surface area contributed by atoms with Crippen LogP contribution in [0.15, 0.2) is 29.8 Å². The second kappa shape index (κ2) is 8.48. The van der Waals surface area contributed by atoms with E-state index in [1.165, 1.54) is 6.92 Å². The van der Waals surface area contributed by atoms with Gasteiger partial charge < -0.3 is 20.1 Å². The van der Waals surface area contributed by atoms with Crippen molar-refractivity contribution in [1.29, 1.82) is 0 Å². The molecule has 0 spiro atoms. The first kappa shape index (κ1) is 18.6. The second-order valence-electron chi connectivity index (χ2n) is 6.26. The number of methoxy groups -OCH3 is 1. The maximum atomic E-state index is 11.4. The molecule has 1 aromatic carbocycles. The summed E-state index contributed by atoms with van der Waals surface area (Å²) in [5.41, 5.74) is 1.34. The third-order valence-electron chi connectivity index (χ3n) is 4.41. The molecule has 1 aliphatic rings. The minimum atomic E-state index is -0.625. The van der Waals surface area contributed by atoms with Gasteiger partial charge in [0.05, 0.1) is 18.9 Å². The van der Waals surface area contributed by atoms with E-state index in [1.54, 1.807) is 30.6 Å². The van der Waals surface area contributed by atoms with E-state index in [-0.39, 0.29) is 5.91 Å². The lowest BCUT2D eigenvalue weighted by Crippen LogP contribution is -2.47. The molecule has 1 amide bonds. The summed E-state index contributed by atoms with van der Waals surface area (Å²) in [6.45, 7) is 5.57. The van der Waals surface area contributed by atoms with E-state index in [9.17, 15) is 9.90 Å². The smallest absolute Gasteiger partial charge is 0.221 e. The fourth-order valence-electron chi connectivity index (χ4n) is 3.06. The number of anilines is 2. The van der Waals surface area contributed by atoms with Gasteiger partial charge in [0.2, 0.25) is 5.91 Å². The number of β-amino-alcohol motifs (C(OH)–C–C–N with tert-alkyl or cyclic N) is 1. The first-order chi connectivity index (χ1) is 12.6. The molecular weight excluding hydrogens is 352 g/mol. The zero-order valence-corrected chi connectivity index (χ0v) is 15.8. The molecule has 140 valence electrons. The molecule has 0 unspecified atom stereocenters. The second-order valence-corrected chi connectivity index (χ2v) is 7.13. The Kier molecular flexibility index (Phi) is 6.08. The van der Waals surface area contributed by atoms with Gasteiger partial charge >= 0.3 is 0 Å². The molecule has 1 aromatic heterocycles. The zero-order chi connectivity index (χ0) is 18.5. The molecule has 2 aromatic rings. The summed E-state index contributed by atoms with van der Waals surface area (Å²) in [7, 11) is 1.55. The largest absolute Gasteiger partial charge is 0.495 e. The summed E-state index contributed by atoms with van der Waals surface area (Å²) in [6, 6.07) is 5.38. The van der Waals surface area contributed by atoms with E-state index in [4.69, 9.17) is 4.74 Å². The standard InChI is InChI=1S/C18H24N4O3S/c1-13(23)20-15-11-14(3-4-17(15)25-2)16(24)12-21-6-8-22(9-7-21)18-19-5-10-26-18/h3-5,10-11,16,24H,6-9,12H2,1-2H3,(H,20,23)/t16-/m1/s1. The number of aliphatic hydroxyl groups excluding tert-OH is 1. The van der Waals surface area contributed by atoms with Crippen LogP contribution in [0.25, 0.3) is 0 Å². The zero-order valence-electron chi connectivity index (χ0n) is 15.0. The molecule has 1 fully saturated rings. The van der Waals surface area contributed by atoms with Gasteiger partial charge in [-0.2, -0.15) is 0 Å². The molecule has 0 aliphatic carbocycles. The Morgan fingerprint density at radius 1 is 1.38 bits per heavy atom. The number of thiazole rings is 1. The molecule has 0 radical (unpaired) electrons. The number of nitrogens with zero attached hydrogens (tertiary/aromatic N) is 3. The van der Waals surface area contributed by atoms with Gasteiger partial charge in [0, 0.05) is 51.2 Å². The van der Waals surface area contributed by atoms with Crippen LogP contribution in [0.1, 0.15) is 18.6 Å². The fraction of sp³-hybridized carbons (Fsp3) is 0.444. The lowest BCUT2D eigenvalue weighted by Gasteiger charge is -2.35. The minimum Gasteiger partial charge on any atom is -0.495 e. The van der Waals surface area contributed by atoms with E-state index < -0.39 is 6.10 Å². The van der Waals surface area contributed by atoms with Gasteiger partial charge in [-0.3, -0.25) is 9.69 Å². The summed E-state index contributed by atoms with van der Waals surface area (Å²) >= 11 is 1.65. The number of aromatic nitrogens is 1. The number of piperazine rings is 1. The first-order valence-corrected chi connectivity index (χ1v) is 9.45. The molecule has 3 rings (SSSR count). The summed E-state index contributed by atoms with van der Waals surface area (Å²) in [4.78, 5) is 20.2. The van der Waals surface area contributed by atoms with Crippen molar-refractivity contribution < 1.29 is 14.6 Å². The Morgan fingerprint density at radius 2 is 2.15 bits per heavy atom. The van der Waals surface area contributed by atoms with Gasteiger partial charge in [0.1, 0.15) is 5.75 Å². The Hall–Kier alpha value is -2.16. The van der Waals surface area contributed by atoms with Crippen LogP contribution in [0.2, 0.25) is 0 Å². The van der Waals surface area contributed by atoms with Gasteiger partial charge in [0.25, 0.3) is 0 Å². The summed E-state index contributed by atoms with van der Waals surface area (Å²) in [6.07, 6.45) is 1.20. The number of aliphatic hydroxyl groups is 1. The molecule has 1 saturated heterocycles. The molecule has 2 N–H and O–H groups in total. The summed E-state index contributed by atoms with van der Waals surface area (Å²) in [5, 5.41) is 16.4. The average molecular weight is 376 g/mol. The van der Waals surface area contributed by atoms with Crippen molar-refractivity contribution in [2.75, 3.05) is 50.1 Å². The lowest BCUT2D eigenvalue weighted by molar-refractivity contribution is -0.114. The summed E-state index contributed by atoms with van der Waals surface area (Å²) < 4.78 is 5.26. The van der Waals surface area contributed by atoms with Crippen molar-refractivity contribution in [1.82, 2.24) is 9.88 Å². The van der Waals surface area contributed by atoms with Crippen molar-refractivity contribution in [3.05, 3.63) is 35.3 Å². The molecule has 0 bridgehead atoms. The minimum absolute atomic E-state index is 0.173. The number of benzene rings is 1. The van der Waals surface area contributed by atoms with Gasteiger partial charge in [-0.05, 0) is 17.7 Å². The quantitative estimate of drug-likeness (QED) is 0.803. The van der Waals surface area contributed by atoms with Crippen molar-refractivity contribution in [3.8, 4) is 5.75 Å². The van der Waals surface area contributed by atoms with Crippen molar-refractivity contribution in [2.24, 2.45) is 0 Å². The number of nitrogens with one attached hydrogen (secondary N) is 1. The van der Waals surface area contributed by atoms with Crippen LogP contribution in [-0.4, -0.2) is 60.7 Å². The Labute approximate surface area is 157 Å². The number of rotatable bonds is 6. The van der Waals surface area contributed by atoms with Crippen LogP contribution in [0.3, 0.4) is 0 Å². The Bertz CT molecular complexity index is 730. The predicted molar refractivity (Wildman–Crippen MR) is 103 cm³/mol. The van der Waals surface area contributed by atoms with Crippen LogP contribution in [-0.2, 0) is 4.79 Å². The molecule has 0 saturated carbocycles. The van der Waals surface area contributed by atoms with Crippen molar-refractivity contribution in [3.63, 3.8) is 0 Å². The fourth-order valence-corrected chi connectivity index (χ4v) is 3.76. The van der Waals surface area contributed by atoms with E-state index in [2.05, 4.69) is 20.1 Å². The summed E-state index contributed by atoms with van der Waals surface area (Å²) in [5.74, 6) is 0.404. The van der Waals surface area contributed by atoms with Crippen LogP contribution in [0, 0.1) is 0 Å². The predicted octanol–water partition coefficient (Wildman–Crippen LogP) is 1.97. The molecule has 1 aliphatic heterocycles. The highest BCUT2D eigenvalue weighted by atomic mass is 32.1. The molecule has 1 atom stereocenters. The molecule has 26 heavy (non-hydrogen) atoms. The highest BCUT2D eigenvalue weighted by Crippen LogP contribution is 2.29. The number of carbonyl (C=O) groups is 1. The maximum Gasteiger partial charge on any atom is 0.221 e. The van der Waals surface area contributed by atoms with Crippen molar-refractivity contribution >= 4 is 28.1 Å². The number of hydrogen-bond acceptors (Lipinski definition) is 7. The topological polar surface area (TPSA) is 77.9 Å². The van der Waals surface area contributed by atoms with Gasteiger partial charge in [0.15, 0.2) is 5.13 Å². The van der Waals surface area contributed by atoms with E-state index in [1.807, 2.05) is 17.6 Å². The number of amides is 1. The average Bonchev–Trinajstić information content (AvgIpc) is 3.16. The maximum absolute atomic E-state index is 11.4. The number of hydrogen-bond donors (Lipinski definition) is 2. The number of carbonyl (C=O) groups excluding carboxylic acids is 1. The van der Waals surface area contributed by atoms with Crippen molar-refractivity contribution in [2.45, 2.75) is 13.0 Å². The molecule has 8 heteroatoms. The van der Waals surface area contributed by atoms with Crippen LogP contribution < -0.4 is 15.0 Å². The van der Waals surface area contributed by atoms with Gasteiger partial charge in [-0.25, -0.2) is 4.98 Å². The molecule has 7 nitrogen and oxygen atoms in total.